The molecule has 2 unspecified atom stereocenters. The van der Waals surface area contributed by atoms with Gasteiger partial charge in [0.1, 0.15) is 12.4 Å². The monoisotopic (exact) mass is 452 g/mol. The second-order valence-corrected chi connectivity index (χ2v) is 8.67. The van der Waals surface area contributed by atoms with Crippen LogP contribution in [-0.4, -0.2) is 23.0 Å². The molecule has 0 aliphatic rings. The third-order valence-electron chi connectivity index (χ3n) is 5.16. The zero-order valence-corrected chi connectivity index (χ0v) is 19.6. The van der Waals surface area contributed by atoms with Crippen molar-refractivity contribution in [1.29, 1.82) is 0 Å². The van der Waals surface area contributed by atoms with Crippen LogP contribution in [0.2, 0.25) is 0 Å². The van der Waals surface area contributed by atoms with Gasteiger partial charge in [-0.15, -0.1) is 11.3 Å². The van der Waals surface area contributed by atoms with Gasteiger partial charge < -0.3 is 14.8 Å². The standard InChI is InChI=1S/C25H28N2O4S/c1-5-16(2)22-8-6-7-9-23(22)27-24(28)17(3)31-25(29)19-10-12-21(13-11-19)30-14-20-15-32-18(4)26-20/h6-13,15-17H,5,14H2,1-4H3,(H,27,28). The summed E-state index contributed by atoms with van der Waals surface area (Å²) in [5, 5.41) is 5.83. The number of nitrogens with one attached hydrogen (secondary N) is 1. The van der Waals surface area contributed by atoms with Gasteiger partial charge in [-0.2, -0.15) is 0 Å². The molecule has 2 atom stereocenters. The van der Waals surface area contributed by atoms with Gasteiger partial charge in [-0.3, -0.25) is 4.79 Å². The van der Waals surface area contributed by atoms with Crippen molar-refractivity contribution in [2.24, 2.45) is 0 Å². The van der Waals surface area contributed by atoms with E-state index in [0.29, 0.717) is 23.8 Å². The highest BCUT2D eigenvalue weighted by molar-refractivity contribution is 7.09. The van der Waals surface area contributed by atoms with Gasteiger partial charge in [0.05, 0.1) is 16.3 Å². The minimum absolute atomic E-state index is 0.310. The Morgan fingerprint density at radius 3 is 2.47 bits per heavy atom. The quantitative estimate of drug-likeness (QED) is 0.420. The second-order valence-electron chi connectivity index (χ2n) is 7.60. The van der Waals surface area contributed by atoms with Gasteiger partial charge in [-0.25, -0.2) is 9.78 Å². The first-order valence-electron chi connectivity index (χ1n) is 10.6. The van der Waals surface area contributed by atoms with Crippen LogP contribution in [0, 0.1) is 6.92 Å². The van der Waals surface area contributed by atoms with Gasteiger partial charge in [0.25, 0.3) is 5.91 Å². The van der Waals surface area contributed by atoms with Gasteiger partial charge in [-0.1, -0.05) is 32.0 Å². The Bertz CT molecular complexity index is 1060. The van der Waals surface area contributed by atoms with Crippen molar-refractivity contribution in [2.45, 2.75) is 52.7 Å². The average molecular weight is 453 g/mol. The first-order chi connectivity index (χ1) is 15.4. The second kappa shape index (κ2) is 10.9. The third kappa shape index (κ3) is 6.17. The molecule has 0 radical (unpaired) electrons. The molecular weight excluding hydrogens is 424 g/mol. The number of anilines is 1. The number of ether oxygens (including phenoxy) is 2. The number of hydrogen-bond acceptors (Lipinski definition) is 6. The van der Waals surface area contributed by atoms with Crippen molar-refractivity contribution in [2.75, 3.05) is 5.32 Å². The van der Waals surface area contributed by atoms with E-state index < -0.39 is 12.1 Å². The van der Waals surface area contributed by atoms with Crippen molar-refractivity contribution in [3.8, 4) is 5.75 Å². The Balaban J connectivity index is 1.55. The lowest BCUT2D eigenvalue weighted by Crippen LogP contribution is -2.30. The predicted molar refractivity (Wildman–Crippen MR) is 126 cm³/mol. The Labute approximate surface area is 192 Å². The molecule has 3 rings (SSSR count). The van der Waals surface area contributed by atoms with Crippen molar-refractivity contribution >= 4 is 28.9 Å². The molecule has 1 amide bonds. The molecule has 6 nitrogen and oxygen atoms in total. The fourth-order valence-corrected chi connectivity index (χ4v) is 3.69. The summed E-state index contributed by atoms with van der Waals surface area (Å²) in [4.78, 5) is 29.4. The van der Waals surface area contributed by atoms with Gasteiger partial charge >= 0.3 is 5.97 Å². The molecule has 1 aromatic heterocycles. The molecule has 0 fully saturated rings. The van der Waals surface area contributed by atoms with Crippen molar-refractivity contribution in [3.63, 3.8) is 0 Å². The first-order valence-corrected chi connectivity index (χ1v) is 11.5. The zero-order valence-electron chi connectivity index (χ0n) is 18.8. The lowest BCUT2D eigenvalue weighted by atomic mass is 9.97. The fraction of sp³-hybridized carbons (Fsp3) is 0.320. The Morgan fingerprint density at radius 1 is 1.09 bits per heavy atom. The summed E-state index contributed by atoms with van der Waals surface area (Å²) in [6.07, 6.45) is 0.0249. The van der Waals surface area contributed by atoms with E-state index in [1.165, 1.54) is 0 Å². The molecule has 3 aromatic rings. The van der Waals surface area contributed by atoms with E-state index in [9.17, 15) is 9.59 Å². The molecule has 2 aromatic carbocycles. The van der Waals surface area contributed by atoms with Crippen LogP contribution in [0.5, 0.6) is 5.75 Å². The number of carbonyl (C=O) groups excluding carboxylic acids is 2. The maximum Gasteiger partial charge on any atom is 0.338 e. The van der Waals surface area contributed by atoms with Crippen molar-refractivity contribution in [3.05, 3.63) is 75.7 Å². The lowest BCUT2D eigenvalue weighted by Gasteiger charge is -2.18. The van der Waals surface area contributed by atoms with Crippen molar-refractivity contribution < 1.29 is 19.1 Å². The minimum Gasteiger partial charge on any atom is -0.487 e. The smallest absolute Gasteiger partial charge is 0.338 e. The average Bonchev–Trinajstić information content (AvgIpc) is 3.22. The molecule has 0 saturated carbocycles. The van der Waals surface area contributed by atoms with E-state index in [1.54, 1.807) is 42.5 Å². The van der Waals surface area contributed by atoms with Gasteiger partial charge in [-0.05, 0) is 62.1 Å². The highest BCUT2D eigenvalue weighted by atomic mass is 32.1. The number of para-hydroxylation sites is 1. The largest absolute Gasteiger partial charge is 0.487 e. The number of hydrogen-bond donors (Lipinski definition) is 1. The van der Waals surface area contributed by atoms with Crippen LogP contribution in [0.15, 0.2) is 53.9 Å². The highest BCUT2D eigenvalue weighted by Crippen LogP contribution is 2.26. The van der Waals surface area contributed by atoms with Gasteiger partial charge in [0, 0.05) is 11.1 Å². The topological polar surface area (TPSA) is 77.5 Å². The third-order valence-corrected chi connectivity index (χ3v) is 5.98. The highest BCUT2D eigenvalue weighted by Gasteiger charge is 2.20. The minimum atomic E-state index is -0.934. The Kier molecular flexibility index (Phi) is 8.00. The Hall–Kier alpha value is -3.19. The van der Waals surface area contributed by atoms with E-state index in [2.05, 4.69) is 24.1 Å². The number of esters is 1. The maximum atomic E-state index is 12.6. The van der Waals surface area contributed by atoms with Crippen LogP contribution >= 0.6 is 11.3 Å². The normalized spacial score (nSPS) is 12.6. The van der Waals surface area contributed by atoms with Gasteiger partial charge in [0.2, 0.25) is 0 Å². The molecule has 1 heterocycles. The summed E-state index contributed by atoms with van der Waals surface area (Å²) >= 11 is 1.57. The number of rotatable bonds is 9. The summed E-state index contributed by atoms with van der Waals surface area (Å²) in [5.74, 6) is 0.00132. The number of benzene rings is 2. The van der Waals surface area contributed by atoms with E-state index >= 15 is 0 Å². The number of aryl methyl sites for hydroxylation is 1. The van der Waals surface area contributed by atoms with Crippen LogP contribution in [-0.2, 0) is 16.1 Å². The molecule has 32 heavy (non-hydrogen) atoms. The number of amides is 1. The maximum absolute atomic E-state index is 12.6. The summed E-state index contributed by atoms with van der Waals surface area (Å²) in [7, 11) is 0. The van der Waals surface area contributed by atoms with E-state index in [1.807, 2.05) is 36.6 Å². The van der Waals surface area contributed by atoms with Gasteiger partial charge in [0.15, 0.2) is 6.10 Å². The molecule has 0 spiro atoms. The lowest BCUT2D eigenvalue weighted by molar-refractivity contribution is -0.123. The summed E-state index contributed by atoms with van der Waals surface area (Å²) in [5.41, 5.74) is 3.02. The van der Waals surface area contributed by atoms with Crippen LogP contribution in [0.25, 0.3) is 0 Å². The zero-order chi connectivity index (χ0) is 23.1. The SMILES string of the molecule is CCC(C)c1ccccc1NC(=O)C(C)OC(=O)c1ccc(OCc2csc(C)n2)cc1. The molecular formula is C25H28N2O4S. The van der Waals surface area contributed by atoms with E-state index in [-0.39, 0.29) is 5.91 Å². The predicted octanol–water partition coefficient (Wildman–Crippen LogP) is 5.73. The number of aromatic nitrogens is 1. The van der Waals surface area contributed by atoms with E-state index in [0.717, 1.165) is 28.4 Å². The summed E-state index contributed by atoms with van der Waals surface area (Å²) in [6.45, 7) is 8.08. The molecule has 0 saturated heterocycles. The molecule has 7 heteroatoms. The number of carbonyl (C=O) groups is 2. The molecule has 168 valence electrons. The molecule has 0 bridgehead atoms. The molecule has 0 aliphatic carbocycles. The van der Waals surface area contributed by atoms with Crippen LogP contribution < -0.4 is 10.1 Å². The van der Waals surface area contributed by atoms with Crippen LogP contribution in [0.1, 0.15) is 59.7 Å². The molecule has 1 N–H and O–H groups in total. The van der Waals surface area contributed by atoms with E-state index in [4.69, 9.17) is 9.47 Å². The summed E-state index contributed by atoms with van der Waals surface area (Å²) < 4.78 is 11.1. The Morgan fingerprint density at radius 2 is 1.81 bits per heavy atom. The number of thiazole rings is 1. The summed E-state index contributed by atoms with van der Waals surface area (Å²) in [6, 6.07) is 14.3. The van der Waals surface area contributed by atoms with Crippen LogP contribution in [0.3, 0.4) is 0 Å². The van der Waals surface area contributed by atoms with Crippen LogP contribution in [0.4, 0.5) is 5.69 Å². The fourth-order valence-electron chi connectivity index (χ4n) is 3.10. The van der Waals surface area contributed by atoms with Crippen molar-refractivity contribution in [1.82, 2.24) is 4.98 Å². The number of nitrogens with zero attached hydrogens (tertiary/aromatic N) is 1. The first kappa shape index (κ1) is 23.5. The molecule has 0 aliphatic heterocycles.